The van der Waals surface area contributed by atoms with E-state index in [9.17, 15) is 14.4 Å². The molecule has 0 aliphatic rings. The number of hydrogen-bond acceptors (Lipinski definition) is 7. The van der Waals surface area contributed by atoms with Crippen molar-refractivity contribution in [2.45, 2.75) is 26.9 Å². The van der Waals surface area contributed by atoms with Gasteiger partial charge in [-0.25, -0.2) is 9.97 Å². The van der Waals surface area contributed by atoms with Crippen LogP contribution in [0.1, 0.15) is 16.7 Å². The highest BCUT2D eigenvalue weighted by Crippen LogP contribution is 2.34. The lowest BCUT2D eigenvalue weighted by Crippen LogP contribution is -2.27. The van der Waals surface area contributed by atoms with E-state index in [1.807, 2.05) is 25.1 Å². The standard InChI is InChI=1S/C21H19N5O3S2/c1-12-20(17-8-7-14(31-17)9-22-13(2)27)25-21(30-12)24-18(28)11-26-16-6-4-3-5-15(16)23-10-19(26)29/h3-8,10H,9,11H2,1-2H3,(H,22,27)(H,24,25,28). The van der Waals surface area contributed by atoms with Gasteiger partial charge in [0.2, 0.25) is 11.8 Å². The number of amides is 2. The number of hydrogen-bond donors (Lipinski definition) is 2. The number of anilines is 1. The van der Waals surface area contributed by atoms with Crippen LogP contribution in [0.4, 0.5) is 5.13 Å². The molecule has 4 rings (SSSR count). The van der Waals surface area contributed by atoms with Gasteiger partial charge >= 0.3 is 0 Å². The summed E-state index contributed by atoms with van der Waals surface area (Å²) in [4.78, 5) is 47.6. The number of para-hydroxylation sites is 2. The number of benzene rings is 1. The Morgan fingerprint density at radius 1 is 1.13 bits per heavy atom. The van der Waals surface area contributed by atoms with Gasteiger partial charge in [0.15, 0.2) is 5.13 Å². The van der Waals surface area contributed by atoms with E-state index in [1.165, 1.54) is 29.0 Å². The zero-order valence-corrected chi connectivity index (χ0v) is 18.5. The fraction of sp³-hybridized carbons (Fsp3) is 0.190. The van der Waals surface area contributed by atoms with Gasteiger partial charge in [-0.05, 0) is 31.2 Å². The third-order valence-electron chi connectivity index (χ3n) is 4.50. The second-order valence-corrected chi connectivity index (χ2v) is 9.19. The van der Waals surface area contributed by atoms with Gasteiger partial charge in [-0.1, -0.05) is 12.1 Å². The van der Waals surface area contributed by atoms with Crippen LogP contribution in [-0.4, -0.2) is 26.3 Å². The predicted molar refractivity (Wildman–Crippen MR) is 122 cm³/mol. The molecular weight excluding hydrogens is 434 g/mol. The average molecular weight is 454 g/mol. The molecule has 2 N–H and O–H groups in total. The summed E-state index contributed by atoms with van der Waals surface area (Å²) >= 11 is 2.92. The highest BCUT2D eigenvalue weighted by atomic mass is 32.1. The zero-order chi connectivity index (χ0) is 22.0. The maximum Gasteiger partial charge on any atom is 0.269 e. The van der Waals surface area contributed by atoms with E-state index in [0.717, 1.165) is 20.3 Å². The molecule has 0 bridgehead atoms. The average Bonchev–Trinajstić information content (AvgIpc) is 3.34. The molecule has 2 amide bonds. The Labute approximate surface area is 185 Å². The lowest BCUT2D eigenvalue weighted by Gasteiger charge is -2.08. The molecule has 10 heteroatoms. The molecule has 0 atom stereocenters. The van der Waals surface area contributed by atoms with Crippen LogP contribution < -0.4 is 16.2 Å². The molecule has 31 heavy (non-hydrogen) atoms. The number of carbonyl (C=O) groups is 2. The van der Waals surface area contributed by atoms with E-state index in [-0.39, 0.29) is 23.9 Å². The van der Waals surface area contributed by atoms with Crippen LogP contribution in [0.5, 0.6) is 0 Å². The second kappa shape index (κ2) is 8.78. The SMILES string of the molecule is CC(=O)NCc1ccc(-c2nc(NC(=O)Cn3c(=O)cnc4ccccc43)sc2C)s1. The maximum absolute atomic E-state index is 12.6. The van der Waals surface area contributed by atoms with Crippen molar-refractivity contribution in [3.8, 4) is 10.6 Å². The van der Waals surface area contributed by atoms with Crippen molar-refractivity contribution in [3.63, 3.8) is 0 Å². The molecule has 8 nitrogen and oxygen atoms in total. The highest BCUT2D eigenvalue weighted by Gasteiger charge is 2.15. The quantitative estimate of drug-likeness (QED) is 0.466. The molecule has 0 saturated carbocycles. The van der Waals surface area contributed by atoms with Crippen LogP contribution in [0.3, 0.4) is 0 Å². The van der Waals surface area contributed by atoms with Crippen LogP contribution in [0.15, 0.2) is 47.4 Å². The first-order valence-corrected chi connectivity index (χ1v) is 11.1. The smallest absolute Gasteiger partial charge is 0.269 e. The van der Waals surface area contributed by atoms with Crippen molar-refractivity contribution in [1.29, 1.82) is 0 Å². The van der Waals surface area contributed by atoms with E-state index in [2.05, 4.69) is 20.6 Å². The molecule has 158 valence electrons. The van der Waals surface area contributed by atoms with Gasteiger partial charge in [-0.2, -0.15) is 0 Å². The first-order chi connectivity index (χ1) is 14.9. The van der Waals surface area contributed by atoms with E-state index in [1.54, 1.807) is 29.5 Å². The topological polar surface area (TPSA) is 106 Å². The minimum Gasteiger partial charge on any atom is -0.351 e. The first-order valence-electron chi connectivity index (χ1n) is 9.46. The van der Waals surface area contributed by atoms with Crippen molar-refractivity contribution < 1.29 is 9.59 Å². The third-order valence-corrected chi connectivity index (χ3v) is 6.48. The maximum atomic E-state index is 12.6. The van der Waals surface area contributed by atoms with Gasteiger partial charge in [-0.15, -0.1) is 22.7 Å². The molecule has 0 aliphatic heterocycles. The minimum absolute atomic E-state index is 0.0779. The summed E-state index contributed by atoms with van der Waals surface area (Å²) in [6.45, 7) is 3.77. The lowest BCUT2D eigenvalue weighted by molar-refractivity contribution is -0.119. The molecule has 0 radical (unpaired) electrons. The van der Waals surface area contributed by atoms with Crippen molar-refractivity contribution in [2.75, 3.05) is 5.32 Å². The third kappa shape index (κ3) is 4.70. The zero-order valence-electron chi connectivity index (χ0n) is 16.8. The monoisotopic (exact) mass is 453 g/mol. The Bertz CT molecular complexity index is 1340. The Hall–Kier alpha value is -3.37. The van der Waals surface area contributed by atoms with Gasteiger partial charge in [0.25, 0.3) is 5.56 Å². The summed E-state index contributed by atoms with van der Waals surface area (Å²) in [5.74, 6) is -0.415. The summed E-state index contributed by atoms with van der Waals surface area (Å²) in [5.41, 5.74) is 1.71. The number of aryl methyl sites for hydroxylation is 1. The number of nitrogens with zero attached hydrogens (tertiary/aromatic N) is 3. The van der Waals surface area contributed by atoms with Gasteiger partial charge in [0.05, 0.1) is 34.3 Å². The number of carbonyl (C=O) groups excluding carboxylic acids is 2. The molecular formula is C21H19N5O3S2. The number of rotatable bonds is 6. The number of fused-ring (bicyclic) bond motifs is 1. The summed E-state index contributed by atoms with van der Waals surface area (Å²) in [6, 6.07) is 11.1. The van der Waals surface area contributed by atoms with Crippen LogP contribution in [0.25, 0.3) is 21.6 Å². The van der Waals surface area contributed by atoms with Crippen LogP contribution in [0, 0.1) is 6.92 Å². The number of aromatic nitrogens is 3. The van der Waals surface area contributed by atoms with Crippen LogP contribution >= 0.6 is 22.7 Å². The predicted octanol–water partition coefficient (Wildman–Crippen LogP) is 3.16. The van der Waals surface area contributed by atoms with Gasteiger partial charge in [0, 0.05) is 16.7 Å². The molecule has 0 unspecified atom stereocenters. The molecule has 4 aromatic rings. The number of nitrogens with one attached hydrogen (secondary N) is 2. The summed E-state index contributed by atoms with van der Waals surface area (Å²) < 4.78 is 1.40. The lowest BCUT2D eigenvalue weighted by atomic mass is 10.3. The van der Waals surface area contributed by atoms with Crippen LogP contribution in [-0.2, 0) is 22.7 Å². The van der Waals surface area contributed by atoms with Crippen molar-refractivity contribution in [2.24, 2.45) is 0 Å². The number of thiazole rings is 1. The fourth-order valence-corrected chi connectivity index (χ4v) is 4.97. The molecule has 0 aliphatic carbocycles. The normalized spacial score (nSPS) is 10.9. The largest absolute Gasteiger partial charge is 0.351 e. The van der Waals surface area contributed by atoms with Crippen molar-refractivity contribution >= 4 is 50.7 Å². The second-order valence-electron chi connectivity index (χ2n) is 6.82. The molecule has 0 fully saturated rings. The van der Waals surface area contributed by atoms with Crippen LogP contribution in [0.2, 0.25) is 0 Å². The Morgan fingerprint density at radius 2 is 1.94 bits per heavy atom. The Morgan fingerprint density at radius 3 is 2.74 bits per heavy atom. The fourth-order valence-electron chi connectivity index (χ4n) is 3.07. The minimum atomic E-state index is -0.338. The van der Waals surface area contributed by atoms with E-state index in [4.69, 9.17) is 0 Å². The van der Waals surface area contributed by atoms with Gasteiger partial charge in [0.1, 0.15) is 6.54 Å². The molecule has 0 spiro atoms. The van der Waals surface area contributed by atoms with E-state index < -0.39 is 0 Å². The molecule has 0 saturated heterocycles. The van der Waals surface area contributed by atoms with Crippen molar-refractivity contribution in [1.82, 2.24) is 19.9 Å². The van der Waals surface area contributed by atoms with Gasteiger partial charge < -0.3 is 10.6 Å². The molecule has 3 heterocycles. The summed E-state index contributed by atoms with van der Waals surface area (Å²) in [7, 11) is 0. The Balaban J connectivity index is 1.50. The summed E-state index contributed by atoms with van der Waals surface area (Å²) in [6.07, 6.45) is 1.22. The number of thiophene rings is 1. The van der Waals surface area contributed by atoms with Crippen molar-refractivity contribution in [3.05, 3.63) is 62.7 Å². The van der Waals surface area contributed by atoms with E-state index in [0.29, 0.717) is 22.7 Å². The van der Waals surface area contributed by atoms with E-state index >= 15 is 0 Å². The summed E-state index contributed by atoms with van der Waals surface area (Å²) in [5, 5.41) is 6.05. The van der Waals surface area contributed by atoms with Gasteiger partial charge in [-0.3, -0.25) is 19.0 Å². The highest BCUT2D eigenvalue weighted by molar-refractivity contribution is 7.18. The molecule has 1 aromatic carbocycles. The first kappa shape index (κ1) is 20.9. The Kier molecular flexibility index (Phi) is 5.92. The molecule has 3 aromatic heterocycles.